The standard InChI is InChI=1S/C29H35N9O/c1-19-11-24(17-35(15-19)16-21-13-22-5-3-4-6-26(22)33-14-21)37(30)29(39)36-10-8-27-25(18-36)28(34-38(27)31)23-7-9-32-20(2)12-23/h3-7,9,12-14,19,24H,8,10-11,15-18,30-31H2,1-2H3. The molecule has 6 rings (SSSR count). The van der Waals surface area contributed by atoms with E-state index in [4.69, 9.17) is 11.7 Å². The number of hydrazine groups is 1. The first-order valence-electron chi connectivity index (χ1n) is 13.5. The maximum atomic E-state index is 13.7. The second-order valence-electron chi connectivity index (χ2n) is 11.0. The van der Waals surface area contributed by atoms with Crippen LogP contribution in [0.1, 0.15) is 35.9 Å². The van der Waals surface area contributed by atoms with Gasteiger partial charge in [-0.25, -0.2) is 10.6 Å². The zero-order valence-electron chi connectivity index (χ0n) is 22.5. The van der Waals surface area contributed by atoms with Gasteiger partial charge in [-0.1, -0.05) is 25.1 Å². The summed E-state index contributed by atoms with van der Waals surface area (Å²) >= 11 is 0. The molecule has 3 aromatic heterocycles. The maximum absolute atomic E-state index is 13.7. The van der Waals surface area contributed by atoms with E-state index in [1.165, 1.54) is 9.80 Å². The molecule has 1 aromatic carbocycles. The molecule has 2 atom stereocenters. The van der Waals surface area contributed by atoms with Crippen LogP contribution in [0.2, 0.25) is 0 Å². The fourth-order valence-electron chi connectivity index (χ4n) is 6.07. The summed E-state index contributed by atoms with van der Waals surface area (Å²) in [5, 5.41) is 7.17. The Hall–Kier alpha value is -4.02. The molecular formula is C29H35N9O. The summed E-state index contributed by atoms with van der Waals surface area (Å²) in [6, 6.07) is 14.0. The summed E-state index contributed by atoms with van der Waals surface area (Å²) in [6.45, 7) is 7.60. The number of benzene rings is 1. The Balaban J connectivity index is 1.16. The van der Waals surface area contributed by atoms with Gasteiger partial charge in [-0.15, -0.1) is 0 Å². The minimum absolute atomic E-state index is 0.0735. The molecule has 2 aliphatic rings. The van der Waals surface area contributed by atoms with Gasteiger partial charge in [0, 0.05) is 67.2 Å². The number of nitrogens with zero attached hydrogens (tertiary/aromatic N) is 7. The third-order valence-corrected chi connectivity index (χ3v) is 7.91. The predicted octanol–water partition coefficient (Wildman–Crippen LogP) is 3.08. The van der Waals surface area contributed by atoms with E-state index in [2.05, 4.69) is 39.0 Å². The highest BCUT2D eigenvalue weighted by Gasteiger charge is 2.35. The number of pyridine rings is 2. The van der Waals surface area contributed by atoms with Crippen LogP contribution in [-0.4, -0.2) is 66.4 Å². The van der Waals surface area contributed by atoms with Gasteiger partial charge in [-0.2, -0.15) is 9.89 Å². The third-order valence-electron chi connectivity index (χ3n) is 7.91. The molecule has 0 bridgehead atoms. The van der Waals surface area contributed by atoms with Gasteiger partial charge >= 0.3 is 6.03 Å². The van der Waals surface area contributed by atoms with Crippen molar-refractivity contribution in [2.75, 3.05) is 25.5 Å². The zero-order valence-corrected chi connectivity index (χ0v) is 22.5. The van der Waals surface area contributed by atoms with Crippen molar-refractivity contribution in [2.45, 2.75) is 45.8 Å². The maximum Gasteiger partial charge on any atom is 0.334 e. The molecular weight excluding hydrogens is 490 g/mol. The van der Waals surface area contributed by atoms with Crippen LogP contribution in [-0.2, 0) is 19.5 Å². The molecule has 4 N–H and O–H groups in total. The van der Waals surface area contributed by atoms with E-state index in [1.54, 1.807) is 6.20 Å². The van der Waals surface area contributed by atoms with Gasteiger partial charge in [0.15, 0.2) is 0 Å². The second-order valence-corrected chi connectivity index (χ2v) is 11.0. The van der Waals surface area contributed by atoms with Crippen LogP contribution in [0.15, 0.2) is 54.9 Å². The molecule has 10 nitrogen and oxygen atoms in total. The quantitative estimate of drug-likeness (QED) is 0.238. The van der Waals surface area contributed by atoms with Gasteiger partial charge < -0.3 is 10.7 Å². The Labute approximate surface area is 228 Å². The highest BCUT2D eigenvalue weighted by atomic mass is 16.2. The van der Waals surface area contributed by atoms with Gasteiger partial charge in [0.2, 0.25) is 0 Å². The SMILES string of the molecule is Cc1cc(-c2nn(N)c3c2CN(C(=O)N(N)C2CC(C)CN(Cc4cnc5ccccc5c4)C2)CC3)ccn1. The number of hydrogen-bond acceptors (Lipinski definition) is 7. The third kappa shape index (κ3) is 5.05. The van der Waals surface area contributed by atoms with E-state index < -0.39 is 0 Å². The fourth-order valence-corrected chi connectivity index (χ4v) is 6.07. The number of amides is 2. The van der Waals surface area contributed by atoms with Gasteiger partial charge in [0.1, 0.15) is 0 Å². The number of urea groups is 1. The van der Waals surface area contributed by atoms with Crippen molar-refractivity contribution in [3.05, 3.63) is 77.4 Å². The number of likely N-dealkylation sites (tertiary alicyclic amines) is 1. The Morgan fingerprint density at radius 2 is 2.00 bits per heavy atom. The highest BCUT2D eigenvalue weighted by molar-refractivity contribution is 5.78. The van der Waals surface area contributed by atoms with Gasteiger partial charge in [-0.05, 0) is 49.1 Å². The minimum atomic E-state index is -0.159. The lowest BCUT2D eigenvalue weighted by Gasteiger charge is -2.41. The topological polar surface area (TPSA) is 122 Å². The molecule has 5 heterocycles. The number of para-hydroxylation sites is 1. The number of fused-ring (bicyclic) bond motifs is 2. The van der Waals surface area contributed by atoms with E-state index in [-0.39, 0.29) is 12.1 Å². The van der Waals surface area contributed by atoms with Gasteiger partial charge in [0.25, 0.3) is 0 Å². The first-order valence-corrected chi connectivity index (χ1v) is 13.5. The number of nitrogens with two attached hydrogens (primary N) is 2. The Morgan fingerprint density at radius 3 is 2.85 bits per heavy atom. The molecule has 2 unspecified atom stereocenters. The van der Waals surface area contributed by atoms with Gasteiger partial charge in [0.05, 0.1) is 29.5 Å². The molecule has 4 aromatic rings. The van der Waals surface area contributed by atoms with Crippen molar-refractivity contribution < 1.29 is 4.79 Å². The number of rotatable bonds is 4. The average molecular weight is 526 g/mol. The Bertz CT molecular complexity index is 1520. The summed E-state index contributed by atoms with van der Waals surface area (Å²) in [6.07, 6.45) is 5.22. The summed E-state index contributed by atoms with van der Waals surface area (Å²) in [7, 11) is 0. The molecule has 0 saturated carbocycles. The van der Waals surface area contributed by atoms with E-state index >= 15 is 0 Å². The summed E-state index contributed by atoms with van der Waals surface area (Å²) in [5.41, 5.74) is 6.73. The second kappa shape index (κ2) is 10.3. The van der Waals surface area contributed by atoms with Crippen LogP contribution in [0, 0.1) is 12.8 Å². The van der Waals surface area contributed by atoms with Crippen LogP contribution in [0.5, 0.6) is 0 Å². The summed E-state index contributed by atoms with van der Waals surface area (Å²) in [5.74, 6) is 13.2. The first-order chi connectivity index (χ1) is 18.9. The average Bonchev–Trinajstić information content (AvgIpc) is 3.27. The van der Waals surface area contributed by atoms with Gasteiger partial charge in [-0.3, -0.25) is 19.9 Å². The molecule has 0 radical (unpaired) electrons. The van der Waals surface area contributed by atoms with Crippen LogP contribution in [0.4, 0.5) is 4.79 Å². The highest BCUT2D eigenvalue weighted by Crippen LogP contribution is 2.30. The Kier molecular flexibility index (Phi) is 6.66. The van der Waals surface area contributed by atoms with Crippen LogP contribution >= 0.6 is 0 Å². The summed E-state index contributed by atoms with van der Waals surface area (Å²) < 4.78 is 0. The van der Waals surface area contributed by atoms with E-state index in [9.17, 15) is 4.79 Å². The Morgan fingerprint density at radius 1 is 1.15 bits per heavy atom. The molecule has 39 heavy (non-hydrogen) atoms. The van der Waals surface area contributed by atoms with Crippen LogP contribution in [0.25, 0.3) is 22.2 Å². The number of nitrogen functional groups attached to an aromatic ring is 1. The molecule has 202 valence electrons. The van der Waals surface area contributed by atoms with Crippen molar-refractivity contribution in [3.63, 3.8) is 0 Å². The van der Waals surface area contributed by atoms with Crippen molar-refractivity contribution >= 4 is 16.9 Å². The predicted molar refractivity (Wildman–Crippen MR) is 150 cm³/mol. The van der Waals surface area contributed by atoms with Crippen molar-refractivity contribution in [3.8, 4) is 11.3 Å². The molecule has 1 fully saturated rings. The van der Waals surface area contributed by atoms with E-state index in [0.29, 0.717) is 25.4 Å². The number of carbonyl (C=O) groups excluding carboxylic acids is 1. The van der Waals surface area contributed by atoms with Crippen molar-refractivity contribution in [1.82, 2.24) is 34.7 Å². The lowest BCUT2D eigenvalue weighted by molar-refractivity contribution is 0.0662. The molecule has 1 saturated heterocycles. The van der Waals surface area contributed by atoms with E-state index in [1.807, 2.05) is 48.4 Å². The van der Waals surface area contributed by atoms with Crippen molar-refractivity contribution in [2.24, 2.45) is 11.8 Å². The van der Waals surface area contributed by atoms with Crippen LogP contribution < -0.4 is 11.7 Å². The van der Waals surface area contributed by atoms with Crippen molar-refractivity contribution in [1.29, 1.82) is 0 Å². The number of piperidine rings is 1. The summed E-state index contributed by atoms with van der Waals surface area (Å²) in [4.78, 5) is 28.2. The molecule has 0 spiro atoms. The number of hydrogen-bond donors (Lipinski definition) is 2. The zero-order chi connectivity index (χ0) is 27.1. The number of aryl methyl sites for hydroxylation is 1. The molecule has 2 aliphatic heterocycles. The fraction of sp³-hybridized carbons (Fsp3) is 0.379. The molecule has 10 heteroatoms. The lowest BCUT2D eigenvalue weighted by atomic mass is 9.95. The number of carbonyl (C=O) groups is 1. The van der Waals surface area contributed by atoms with E-state index in [0.717, 1.165) is 70.7 Å². The lowest BCUT2D eigenvalue weighted by Crippen LogP contribution is -2.58. The van der Waals surface area contributed by atoms with Crippen LogP contribution in [0.3, 0.4) is 0 Å². The smallest absolute Gasteiger partial charge is 0.323 e. The minimum Gasteiger partial charge on any atom is -0.323 e. The monoisotopic (exact) mass is 525 g/mol. The first kappa shape index (κ1) is 25.3. The molecule has 2 amide bonds. The molecule has 0 aliphatic carbocycles. The number of aromatic nitrogens is 4. The largest absolute Gasteiger partial charge is 0.334 e. The normalized spacial score (nSPS) is 19.7.